The van der Waals surface area contributed by atoms with Gasteiger partial charge in [-0.3, -0.25) is 4.98 Å². The Labute approximate surface area is 135 Å². The van der Waals surface area contributed by atoms with E-state index in [0.717, 1.165) is 37.7 Å². The van der Waals surface area contributed by atoms with E-state index < -0.39 is 5.82 Å². The molecule has 23 heavy (non-hydrogen) atoms. The molecule has 2 aromatic rings. The number of pyridine rings is 1. The van der Waals surface area contributed by atoms with Crippen molar-refractivity contribution in [1.29, 1.82) is 0 Å². The van der Waals surface area contributed by atoms with E-state index in [4.69, 9.17) is 5.73 Å². The van der Waals surface area contributed by atoms with Gasteiger partial charge in [-0.05, 0) is 61.1 Å². The minimum absolute atomic E-state index is 0.151. The molecular weight excluding hydrogens is 296 g/mol. The SMILES string of the molecule is N[C@H](Cc1cc(F)ccc1F)C1CCN(c2cccnc2)CC1. The van der Waals surface area contributed by atoms with Gasteiger partial charge in [-0.25, -0.2) is 8.78 Å². The van der Waals surface area contributed by atoms with Crippen molar-refractivity contribution in [3.63, 3.8) is 0 Å². The zero-order valence-electron chi connectivity index (χ0n) is 13.0. The highest BCUT2D eigenvalue weighted by atomic mass is 19.1. The first-order chi connectivity index (χ1) is 11.1. The second-order valence-electron chi connectivity index (χ2n) is 6.14. The van der Waals surface area contributed by atoms with E-state index in [1.54, 1.807) is 6.20 Å². The van der Waals surface area contributed by atoms with Crippen LogP contribution in [-0.2, 0) is 6.42 Å². The second-order valence-corrected chi connectivity index (χ2v) is 6.14. The van der Waals surface area contributed by atoms with Crippen molar-refractivity contribution in [2.75, 3.05) is 18.0 Å². The van der Waals surface area contributed by atoms with E-state index in [1.807, 2.05) is 12.3 Å². The minimum atomic E-state index is -0.417. The Morgan fingerprint density at radius 3 is 2.70 bits per heavy atom. The Hall–Kier alpha value is -2.01. The van der Waals surface area contributed by atoms with Gasteiger partial charge in [-0.1, -0.05) is 0 Å². The summed E-state index contributed by atoms with van der Waals surface area (Å²) < 4.78 is 27.0. The first-order valence-corrected chi connectivity index (χ1v) is 7.98. The van der Waals surface area contributed by atoms with Gasteiger partial charge in [0, 0.05) is 25.3 Å². The molecule has 5 heteroatoms. The predicted molar refractivity (Wildman–Crippen MR) is 87.2 cm³/mol. The van der Waals surface area contributed by atoms with Gasteiger partial charge in [-0.2, -0.15) is 0 Å². The highest BCUT2D eigenvalue weighted by Crippen LogP contribution is 2.26. The summed E-state index contributed by atoms with van der Waals surface area (Å²) in [4.78, 5) is 6.43. The van der Waals surface area contributed by atoms with Crippen LogP contribution >= 0.6 is 0 Å². The number of nitrogens with two attached hydrogens (primary N) is 1. The first kappa shape index (κ1) is 15.9. The third kappa shape index (κ3) is 3.85. The van der Waals surface area contributed by atoms with Crippen LogP contribution in [0, 0.1) is 17.6 Å². The molecule has 0 aliphatic carbocycles. The van der Waals surface area contributed by atoms with Crippen LogP contribution in [0.1, 0.15) is 18.4 Å². The Morgan fingerprint density at radius 2 is 2.00 bits per heavy atom. The van der Waals surface area contributed by atoms with Gasteiger partial charge < -0.3 is 10.6 Å². The maximum absolute atomic E-state index is 13.7. The Balaban J connectivity index is 1.58. The lowest BCUT2D eigenvalue weighted by Crippen LogP contribution is -2.42. The summed E-state index contributed by atoms with van der Waals surface area (Å²) in [5.41, 5.74) is 7.75. The topological polar surface area (TPSA) is 42.1 Å². The molecule has 1 atom stereocenters. The molecule has 0 amide bonds. The van der Waals surface area contributed by atoms with Crippen LogP contribution in [0.3, 0.4) is 0 Å². The molecule has 1 aromatic heterocycles. The van der Waals surface area contributed by atoms with E-state index in [2.05, 4.69) is 16.0 Å². The van der Waals surface area contributed by atoms with Gasteiger partial charge in [0.2, 0.25) is 0 Å². The van der Waals surface area contributed by atoms with Crippen molar-refractivity contribution < 1.29 is 8.78 Å². The monoisotopic (exact) mass is 317 g/mol. The zero-order valence-corrected chi connectivity index (χ0v) is 13.0. The lowest BCUT2D eigenvalue weighted by Gasteiger charge is -2.36. The lowest BCUT2D eigenvalue weighted by molar-refractivity contribution is 0.335. The molecule has 1 aliphatic heterocycles. The molecule has 0 saturated carbocycles. The van der Waals surface area contributed by atoms with Crippen molar-refractivity contribution in [2.24, 2.45) is 11.7 Å². The van der Waals surface area contributed by atoms with Crippen molar-refractivity contribution in [3.8, 4) is 0 Å². The van der Waals surface area contributed by atoms with Gasteiger partial charge in [0.1, 0.15) is 11.6 Å². The molecule has 1 aliphatic rings. The number of halogens is 2. The molecule has 3 nitrogen and oxygen atoms in total. The van der Waals surface area contributed by atoms with E-state index >= 15 is 0 Å². The highest BCUT2D eigenvalue weighted by molar-refractivity contribution is 5.43. The summed E-state index contributed by atoms with van der Waals surface area (Å²) in [5, 5.41) is 0. The van der Waals surface area contributed by atoms with Crippen LogP contribution in [0.4, 0.5) is 14.5 Å². The summed E-state index contributed by atoms with van der Waals surface area (Å²) in [6.07, 6.45) is 5.91. The number of anilines is 1. The van der Waals surface area contributed by atoms with Crippen LogP contribution < -0.4 is 10.6 Å². The summed E-state index contributed by atoms with van der Waals surface area (Å²) in [6, 6.07) is 7.39. The fourth-order valence-electron chi connectivity index (χ4n) is 3.25. The average Bonchev–Trinajstić information content (AvgIpc) is 2.59. The average molecular weight is 317 g/mol. The van der Waals surface area contributed by atoms with Crippen LogP contribution in [0.2, 0.25) is 0 Å². The fraction of sp³-hybridized carbons (Fsp3) is 0.389. The number of hydrogen-bond acceptors (Lipinski definition) is 3. The quantitative estimate of drug-likeness (QED) is 0.942. The first-order valence-electron chi connectivity index (χ1n) is 7.98. The van der Waals surface area contributed by atoms with Crippen LogP contribution in [0.5, 0.6) is 0 Å². The number of rotatable bonds is 4. The summed E-state index contributed by atoms with van der Waals surface area (Å²) >= 11 is 0. The second kappa shape index (κ2) is 7.04. The van der Waals surface area contributed by atoms with Crippen molar-refractivity contribution in [3.05, 3.63) is 59.9 Å². The van der Waals surface area contributed by atoms with E-state index in [1.165, 1.54) is 12.1 Å². The molecule has 1 aromatic carbocycles. The van der Waals surface area contributed by atoms with Crippen molar-refractivity contribution >= 4 is 5.69 Å². The molecule has 3 rings (SSSR count). The van der Waals surface area contributed by atoms with Crippen LogP contribution in [0.25, 0.3) is 0 Å². The van der Waals surface area contributed by atoms with Crippen LogP contribution in [-0.4, -0.2) is 24.1 Å². The normalized spacial score (nSPS) is 17.3. The zero-order chi connectivity index (χ0) is 16.2. The van der Waals surface area contributed by atoms with Crippen molar-refractivity contribution in [2.45, 2.75) is 25.3 Å². The van der Waals surface area contributed by atoms with Gasteiger partial charge in [0.05, 0.1) is 11.9 Å². The highest BCUT2D eigenvalue weighted by Gasteiger charge is 2.25. The van der Waals surface area contributed by atoms with Gasteiger partial charge in [-0.15, -0.1) is 0 Å². The lowest BCUT2D eigenvalue weighted by atomic mass is 9.86. The standard InChI is InChI=1S/C18H21F2N3/c19-15-3-4-17(20)14(10-15)11-18(21)13-5-8-23(9-6-13)16-2-1-7-22-12-16/h1-4,7,10,12-13,18H,5-6,8-9,11,21H2/t18-/m1/s1. The third-order valence-electron chi connectivity index (χ3n) is 4.62. The summed E-state index contributed by atoms with van der Waals surface area (Å²) in [6.45, 7) is 1.82. The Bertz CT molecular complexity index is 640. The van der Waals surface area contributed by atoms with Gasteiger partial charge in [0.15, 0.2) is 0 Å². The summed E-state index contributed by atoms with van der Waals surface area (Å²) in [7, 11) is 0. The molecule has 122 valence electrons. The van der Waals surface area contributed by atoms with E-state index in [9.17, 15) is 8.78 Å². The molecule has 1 saturated heterocycles. The number of piperidine rings is 1. The van der Waals surface area contributed by atoms with Gasteiger partial charge in [0.25, 0.3) is 0 Å². The molecule has 2 N–H and O–H groups in total. The molecule has 0 unspecified atom stereocenters. The number of aromatic nitrogens is 1. The summed E-state index contributed by atoms with van der Waals surface area (Å²) in [5.74, 6) is -0.472. The maximum atomic E-state index is 13.7. The maximum Gasteiger partial charge on any atom is 0.126 e. The molecule has 0 bridgehead atoms. The Kier molecular flexibility index (Phi) is 4.86. The minimum Gasteiger partial charge on any atom is -0.370 e. The number of benzene rings is 1. The predicted octanol–water partition coefficient (Wildman–Crippen LogP) is 3.15. The Morgan fingerprint density at radius 1 is 1.22 bits per heavy atom. The molecule has 1 fully saturated rings. The van der Waals surface area contributed by atoms with Crippen molar-refractivity contribution in [1.82, 2.24) is 4.98 Å². The smallest absolute Gasteiger partial charge is 0.126 e. The number of nitrogens with zero attached hydrogens (tertiary/aromatic N) is 2. The largest absolute Gasteiger partial charge is 0.370 e. The molecule has 0 spiro atoms. The third-order valence-corrected chi connectivity index (χ3v) is 4.62. The van der Waals surface area contributed by atoms with Crippen LogP contribution in [0.15, 0.2) is 42.7 Å². The molecular formula is C18H21F2N3. The van der Waals surface area contributed by atoms with E-state index in [-0.39, 0.29) is 11.9 Å². The molecule has 0 radical (unpaired) electrons. The fourth-order valence-corrected chi connectivity index (χ4v) is 3.25. The molecule has 2 heterocycles. The number of hydrogen-bond donors (Lipinski definition) is 1. The van der Waals surface area contributed by atoms with E-state index in [0.29, 0.717) is 17.9 Å². The van der Waals surface area contributed by atoms with Gasteiger partial charge >= 0.3 is 0 Å².